The molecule has 0 aromatic heterocycles. The highest BCUT2D eigenvalue weighted by molar-refractivity contribution is 5.78. The van der Waals surface area contributed by atoms with Gasteiger partial charge < -0.3 is 5.32 Å². The Balaban J connectivity index is 1.67. The molecule has 0 aliphatic carbocycles. The summed E-state index contributed by atoms with van der Waals surface area (Å²) in [5, 5.41) is 2.98. The molecular formula is C18H21NO. The summed E-state index contributed by atoms with van der Waals surface area (Å²) >= 11 is 0. The number of amides is 1. The van der Waals surface area contributed by atoms with E-state index in [4.69, 9.17) is 0 Å². The Bertz CT molecular complexity index is 548. The highest BCUT2D eigenvalue weighted by Crippen LogP contribution is 2.06. The normalized spacial score (nSPS) is 10.2. The zero-order valence-corrected chi connectivity index (χ0v) is 11.9. The molecule has 2 nitrogen and oxygen atoms in total. The van der Waals surface area contributed by atoms with Crippen LogP contribution in [0.3, 0.4) is 0 Å². The van der Waals surface area contributed by atoms with Crippen LogP contribution in [0.5, 0.6) is 0 Å². The molecule has 20 heavy (non-hydrogen) atoms. The molecule has 1 N–H and O–H groups in total. The quantitative estimate of drug-likeness (QED) is 0.800. The standard InChI is InChI=1S/C18H21NO/c1-15-7-5-10-16(13-15)11-6-12-19-18(20)14-17-8-3-2-4-9-17/h2-5,7-10,13H,6,11-12,14H2,1H3,(H,19,20). The molecule has 1 amide bonds. The number of rotatable bonds is 6. The van der Waals surface area contributed by atoms with Crippen LogP contribution in [-0.2, 0) is 17.6 Å². The fourth-order valence-corrected chi connectivity index (χ4v) is 2.23. The van der Waals surface area contributed by atoms with Crippen molar-refractivity contribution >= 4 is 5.91 Å². The Morgan fingerprint density at radius 3 is 2.50 bits per heavy atom. The van der Waals surface area contributed by atoms with Crippen molar-refractivity contribution in [2.45, 2.75) is 26.2 Å². The summed E-state index contributed by atoms with van der Waals surface area (Å²) in [6, 6.07) is 18.4. The van der Waals surface area contributed by atoms with Crippen molar-refractivity contribution in [1.82, 2.24) is 5.32 Å². The lowest BCUT2D eigenvalue weighted by molar-refractivity contribution is -0.120. The summed E-state index contributed by atoms with van der Waals surface area (Å²) in [6.07, 6.45) is 2.45. The minimum atomic E-state index is 0.0976. The van der Waals surface area contributed by atoms with Gasteiger partial charge in [-0.1, -0.05) is 60.2 Å². The SMILES string of the molecule is Cc1cccc(CCCNC(=O)Cc2ccccc2)c1. The predicted molar refractivity (Wildman–Crippen MR) is 82.7 cm³/mol. The van der Waals surface area contributed by atoms with Crippen LogP contribution in [-0.4, -0.2) is 12.5 Å². The van der Waals surface area contributed by atoms with Gasteiger partial charge in [0.05, 0.1) is 6.42 Å². The van der Waals surface area contributed by atoms with Crippen LogP contribution in [0.15, 0.2) is 54.6 Å². The lowest BCUT2D eigenvalue weighted by Crippen LogP contribution is -2.26. The zero-order chi connectivity index (χ0) is 14.2. The van der Waals surface area contributed by atoms with Gasteiger partial charge in [0.2, 0.25) is 5.91 Å². The van der Waals surface area contributed by atoms with Crippen molar-refractivity contribution in [3.05, 3.63) is 71.3 Å². The second kappa shape index (κ2) is 7.49. The van der Waals surface area contributed by atoms with E-state index in [0.717, 1.165) is 24.9 Å². The average molecular weight is 267 g/mol. The van der Waals surface area contributed by atoms with Gasteiger partial charge in [-0.05, 0) is 30.9 Å². The minimum Gasteiger partial charge on any atom is -0.356 e. The van der Waals surface area contributed by atoms with Crippen molar-refractivity contribution in [3.63, 3.8) is 0 Å². The van der Waals surface area contributed by atoms with Crippen molar-refractivity contribution in [2.75, 3.05) is 6.54 Å². The number of aryl methyl sites for hydroxylation is 2. The van der Waals surface area contributed by atoms with Crippen LogP contribution in [0.2, 0.25) is 0 Å². The molecule has 0 bridgehead atoms. The average Bonchev–Trinajstić information content (AvgIpc) is 2.45. The molecule has 0 aliphatic rings. The van der Waals surface area contributed by atoms with Crippen LogP contribution in [0, 0.1) is 6.92 Å². The molecule has 0 saturated carbocycles. The minimum absolute atomic E-state index is 0.0976. The molecule has 0 saturated heterocycles. The number of carbonyl (C=O) groups excluding carboxylic acids is 1. The lowest BCUT2D eigenvalue weighted by Gasteiger charge is -2.06. The van der Waals surface area contributed by atoms with E-state index in [0.29, 0.717) is 6.42 Å². The number of hydrogen-bond acceptors (Lipinski definition) is 1. The van der Waals surface area contributed by atoms with Crippen molar-refractivity contribution in [3.8, 4) is 0 Å². The first-order valence-electron chi connectivity index (χ1n) is 7.10. The van der Waals surface area contributed by atoms with E-state index in [9.17, 15) is 4.79 Å². The Morgan fingerprint density at radius 2 is 1.75 bits per heavy atom. The van der Waals surface area contributed by atoms with E-state index in [1.54, 1.807) is 0 Å². The molecule has 0 atom stereocenters. The Morgan fingerprint density at radius 1 is 1.00 bits per heavy atom. The van der Waals surface area contributed by atoms with E-state index < -0.39 is 0 Å². The third kappa shape index (κ3) is 4.88. The molecule has 104 valence electrons. The number of benzene rings is 2. The fourth-order valence-electron chi connectivity index (χ4n) is 2.23. The van der Waals surface area contributed by atoms with E-state index in [1.807, 2.05) is 30.3 Å². The van der Waals surface area contributed by atoms with Crippen molar-refractivity contribution in [2.24, 2.45) is 0 Å². The first kappa shape index (κ1) is 14.3. The summed E-state index contributed by atoms with van der Waals surface area (Å²) in [5.74, 6) is 0.0976. The van der Waals surface area contributed by atoms with Gasteiger partial charge in [0.15, 0.2) is 0 Å². The van der Waals surface area contributed by atoms with Crippen LogP contribution < -0.4 is 5.32 Å². The van der Waals surface area contributed by atoms with Gasteiger partial charge in [-0.25, -0.2) is 0 Å². The molecule has 0 fully saturated rings. The summed E-state index contributed by atoms with van der Waals surface area (Å²) in [5.41, 5.74) is 3.68. The monoisotopic (exact) mass is 267 g/mol. The molecule has 0 heterocycles. The van der Waals surface area contributed by atoms with Gasteiger partial charge in [0.1, 0.15) is 0 Å². The molecular weight excluding hydrogens is 246 g/mol. The highest BCUT2D eigenvalue weighted by atomic mass is 16.1. The second-order valence-corrected chi connectivity index (χ2v) is 5.10. The van der Waals surface area contributed by atoms with Gasteiger partial charge >= 0.3 is 0 Å². The molecule has 0 radical (unpaired) electrons. The highest BCUT2D eigenvalue weighted by Gasteiger charge is 2.02. The summed E-state index contributed by atoms with van der Waals surface area (Å²) in [7, 11) is 0. The Labute approximate surface area is 120 Å². The van der Waals surface area contributed by atoms with E-state index in [2.05, 4.69) is 36.5 Å². The number of hydrogen-bond donors (Lipinski definition) is 1. The molecule has 2 aromatic carbocycles. The van der Waals surface area contributed by atoms with Crippen LogP contribution in [0.4, 0.5) is 0 Å². The molecule has 0 spiro atoms. The molecule has 2 aromatic rings. The third-order valence-electron chi connectivity index (χ3n) is 3.25. The molecule has 2 rings (SSSR count). The van der Waals surface area contributed by atoms with Gasteiger partial charge in [-0.15, -0.1) is 0 Å². The van der Waals surface area contributed by atoms with Crippen molar-refractivity contribution < 1.29 is 4.79 Å². The number of carbonyl (C=O) groups is 1. The number of nitrogens with one attached hydrogen (secondary N) is 1. The lowest BCUT2D eigenvalue weighted by atomic mass is 10.1. The smallest absolute Gasteiger partial charge is 0.224 e. The van der Waals surface area contributed by atoms with Gasteiger partial charge in [0, 0.05) is 6.54 Å². The summed E-state index contributed by atoms with van der Waals surface area (Å²) < 4.78 is 0. The summed E-state index contributed by atoms with van der Waals surface area (Å²) in [6.45, 7) is 2.84. The van der Waals surface area contributed by atoms with E-state index in [1.165, 1.54) is 11.1 Å². The van der Waals surface area contributed by atoms with Gasteiger partial charge in [0.25, 0.3) is 0 Å². The van der Waals surface area contributed by atoms with E-state index in [-0.39, 0.29) is 5.91 Å². The molecule has 0 unspecified atom stereocenters. The Hall–Kier alpha value is -2.09. The first-order valence-corrected chi connectivity index (χ1v) is 7.10. The van der Waals surface area contributed by atoms with Gasteiger partial charge in [-0.3, -0.25) is 4.79 Å². The maximum atomic E-state index is 11.8. The van der Waals surface area contributed by atoms with Gasteiger partial charge in [-0.2, -0.15) is 0 Å². The summed E-state index contributed by atoms with van der Waals surface area (Å²) in [4.78, 5) is 11.8. The zero-order valence-electron chi connectivity index (χ0n) is 11.9. The topological polar surface area (TPSA) is 29.1 Å². The second-order valence-electron chi connectivity index (χ2n) is 5.10. The third-order valence-corrected chi connectivity index (χ3v) is 3.25. The fraction of sp³-hybridized carbons (Fsp3) is 0.278. The predicted octanol–water partition coefficient (Wildman–Crippen LogP) is 3.29. The first-order chi connectivity index (χ1) is 9.74. The van der Waals surface area contributed by atoms with Crippen LogP contribution >= 0.6 is 0 Å². The van der Waals surface area contributed by atoms with Crippen LogP contribution in [0.1, 0.15) is 23.1 Å². The van der Waals surface area contributed by atoms with Crippen LogP contribution in [0.25, 0.3) is 0 Å². The molecule has 2 heteroatoms. The molecule has 0 aliphatic heterocycles. The maximum Gasteiger partial charge on any atom is 0.224 e. The van der Waals surface area contributed by atoms with Crippen molar-refractivity contribution in [1.29, 1.82) is 0 Å². The maximum absolute atomic E-state index is 11.8. The van der Waals surface area contributed by atoms with E-state index >= 15 is 0 Å². The largest absolute Gasteiger partial charge is 0.356 e. The Kier molecular flexibility index (Phi) is 5.36.